The van der Waals surface area contributed by atoms with Crippen LogP contribution in [-0.4, -0.2) is 15.7 Å². The molecule has 110 valence electrons. The standard InChI is InChI=1S/C13H8N4O5/c18-16(19)9-3-1-8(2-4-9)13-14-11-6-5-10(17(20)21)7-12(11)22-15-13/h1-7H,(H,14,15). The Labute approximate surface area is 123 Å². The lowest BCUT2D eigenvalue weighted by Gasteiger charge is -2.17. The first-order valence-electron chi connectivity index (χ1n) is 6.09. The van der Waals surface area contributed by atoms with Crippen molar-refractivity contribution in [3.63, 3.8) is 0 Å². The Balaban J connectivity index is 1.93. The first-order chi connectivity index (χ1) is 10.5. The van der Waals surface area contributed by atoms with Gasteiger partial charge in [0.1, 0.15) is 5.69 Å². The molecular weight excluding hydrogens is 292 g/mol. The van der Waals surface area contributed by atoms with Crippen LogP contribution >= 0.6 is 0 Å². The maximum Gasteiger partial charge on any atom is 0.273 e. The van der Waals surface area contributed by atoms with Crippen LogP contribution < -0.4 is 10.3 Å². The summed E-state index contributed by atoms with van der Waals surface area (Å²) in [5.41, 5.74) is 3.45. The van der Waals surface area contributed by atoms with Gasteiger partial charge in [0.15, 0.2) is 11.6 Å². The van der Waals surface area contributed by atoms with Gasteiger partial charge in [-0.1, -0.05) is 0 Å². The molecular formula is C13H8N4O5. The predicted octanol–water partition coefficient (Wildman–Crippen LogP) is 2.48. The summed E-state index contributed by atoms with van der Waals surface area (Å²) in [7, 11) is 0. The Morgan fingerprint density at radius 3 is 2.23 bits per heavy atom. The summed E-state index contributed by atoms with van der Waals surface area (Å²) in [5.74, 6) is 0.594. The average Bonchev–Trinajstić information content (AvgIpc) is 2.54. The quantitative estimate of drug-likeness (QED) is 0.686. The third-order valence-corrected chi connectivity index (χ3v) is 3.00. The molecule has 0 spiro atoms. The minimum Gasteiger partial charge on any atom is -0.378 e. The van der Waals surface area contributed by atoms with E-state index < -0.39 is 9.85 Å². The van der Waals surface area contributed by atoms with Gasteiger partial charge in [-0.05, 0) is 18.2 Å². The smallest absolute Gasteiger partial charge is 0.273 e. The lowest BCUT2D eigenvalue weighted by Crippen LogP contribution is -2.30. The van der Waals surface area contributed by atoms with Gasteiger partial charge in [-0.15, -0.1) is 0 Å². The molecule has 9 heteroatoms. The van der Waals surface area contributed by atoms with Gasteiger partial charge in [-0.3, -0.25) is 20.2 Å². The predicted molar refractivity (Wildman–Crippen MR) is 76.2 cm³/mol. The van der Waals surface area contributed by atoms with Crippen molar-refractivity contribution >= 4 is 22.9 Å². The summed E-state index contributed by atoms with van der Waals surface area (Å²) in [5, 5.41) is 21.3. The van der Waals surface area contributed by atoms with Crippen molar-refractivity contribution < 1.29 is 14.7 Å². The minimum absolute atomic E-state index is 0.0305. The molecule has 0 unspecified atom stereocenters. The van der Waals surface area contributed by atoms with E-state index in [0.717, 1.165) is 0 Å². The largest absolute Gasteiger partial charge is 0.378 e. The number of rotatable bonds is 3. The number of fused-ring (bicyclic) bond motifs is 1. The van der Waals surface area contributed by atoms with E-state index in [1.54, 1.807) is 0 Å². The molecule has 2 aromatic rings. The number of hydroxylamine groups is 1. The van der Waals surface area contributed by atoms with E-state index in [4.69, 9.17) is 4.84 Å². The van der Waals surface area contributed by atoms with E-state index in [1.165, 1.54) is 42.5 Å². The van der Waals surface area contributed by atoms with Gasteiger partial charge in [0.2, 0.25) is 0 Å². The number of nitro groups is 2. The fourth-order valence-corrected chi connectivity index (χ4v) is 1.90. The van der Waals surface area contributed by atoms with Crippen LogP contribution in [0.2, 0.25) is 0 Å². The third kappa shape index (κ3) is 2.42. The molecule has 3 rings (SSSR count). The zero-order valence-electron chi connectivity index (χ0n) is 10.9. The molecule has 1 N–H and O–H groups in total. The third-order valence-electron chi connectivity index (χ3n) is 3.00. The summed E-state index contributed by atoms with van der Waals surface area (Å²) in [6.07, 6.45) is 0. The van der Waals surface area contributed by atoms with Crippen molar-refractivity contribution in [3.05, 3.63) is 68.3 Å². The molecule has 1 heterocycles. The summed E-state index contributed by atoms with van der Waals surface area (Å²) in [4.78, 5) is 29.8. The van der Waals surface area contributed by atoms with Gasteiger partial charge in [0.25, 0.3) is 11.4 Å². The van der Waals surface area contributed by atoms with E-state index in [2.05, 4.69) is 10.5 Å². The monoisotopic (exact) mass is 300 g/mol. The fraction of sp³-hybridized carbons (Fsp3) is 0. The Bertz CT molecular complexity index is 801. The van der Waals surface area contributed by atoms with Crippen LogP contribution in [0.1, 0.15) is 5.56 Å². The molecule has 0 saturated carbocycles. The van der Waals surface area contributed by atoms with Crippen molar-refractivity contribution in [2.45, 2.75) is 0 Å². The van der Waals surface area contributed by atoms with Crippen molar-refractivity contribution in [2.24, 2.45) is 4.99 Å². The number of benzene rings is 2. The molecule has 2 aromatic carbocycles. The highest BCUT2D eigenvalue weighted by atomic mass is 16.7. The van der Waals surface area contributed by atoms with Gasteiger partial charge in [0, 0.05) is 23.8 Å². The van der Waals surface area contributed by atoms with Crippen LogP contribution in [0.5, 0.6) is 5.75 Å². The second-order valence-electron chi connectivity index (χ2n) is 4.38. The van der Waals surface area contributed by atoms with E-state index in [9.17, 15) is 20.2 Å². The number of hydrogen-bond acceptors (Lipinski definition) is 7. The van der Waals surface area contributed by atoms with Crippen LogP contribution in [0.3, 0.4) is 0 Å². The SMILES string of the molecule is O=[N+]([O-])c1ccc(C2=Nc3ccc([N+](=O)[O-])cc3ON2)cc1. The number of non-ortho nitro benzene ring substituents is 2. The minimum atomic E-state index is -0.529. The molecule has 0 radical (unpaired) electrons. The summed E-state index contributed by atoms with van der Waals surface area (Å²) < 4.78 is 0. The van der Waals surface area contributed by atoms with Crippen LogP contribution in [0.15, 0.2) is 47.5 Å². The lowest BCUT2D eigenvalue weighted by atomic mass is 10.2. The Morgan fingerprint density at radius 1 is 0.955 bits per heavy atom. The van der Waals surface area contributed by atoms with E-state index in [0.29, 0.717) is 17.1 Å². The van der Waals surface area contributed by atoms with Crippen molar-refractivity contribution in [2.75, 3.05) is 0 Å². The van der Waals surface area contributed by atoms with Crippen LogP contribution in [0.25, 0.3) is 0 Å². The molecule has 0 atom stereocenters. The number of amidine groups is 1. The zero-order valence-corrected chi connectivity index (χ0v) is 10.9. The van der Waals surface area contributed by atoms with Crippen molar-refractivity contribution in [1.82, 2.24) is 5.48 Å². The molecule has 0 bridgehead atoms. The zero-order chi connectivity index (χ0) is 15.7. The highest BCUT2D eigenvalue weighted by Gasteiger charge is 2.18. The van der Waals surface area contributed by atoms with Gasteiger partial charge in [-0.25, -0.2) is 10.5 Å². The first-order valence-corrected chi connectivity index (χ1v) is 6.09. The van der Waals surface area contributed by atoms with Crippen LogP contribution in [-0.2, 0) is 0 Å². The number of hydrogen-bond donors (Lipinski definition) is 1. The Morgan fingerprint density at radius 2 is 1.59 bits per heavy atom. The summed E-state index contributed by atoms with van der Waals surface area (Å²) in [6, 6.07) is 9.83. The first kappa shape index (κ1) is 13.5. The Kier molecular flexibility index (Phi) is 3.14. The summed E-state index contributed by atoms with van der Waals surface area (Å²) >= 11 is 0. The van der Waals surface area contributed by atoms with Crippen molar-refractivity contribution in [3.8, 4) is 5.75 Å². The molecule has 1 aliphatic heterocycles. The topological polar surface area (TPSA) is 120 Å². The molecule has 0 amide bonds. The van der Waals surface area contributed by atoms with Gasteiger partial charge < -0.3 is 4.84 Å². The molecule has 1 aliphatic rings. The number of nitrogens with zero attached hydrogens (tertiary/aromatic N) is 3. The van der Waals surface area contributed by atoms with Gasteiger partial charge in [-0.2, -0.15) is 0 Å². The lowest BCUT2D eigenvalue weighted by molar-refractivity contribution is -0.385. The maximum absolute atomic E-state index is 10.7. The highest BCUT2D eigenvalue weighted by molar-refractivity contribution is 6.01. The number of nitrogens with one attached hydrogen (secondary N) is 1. The normalized spacial score (nSPS) is 12.5. The average molecular weight is 300 g/mol. The maximum atomic E-state index is 10.7. The molecule has 0 saturated heterocycles. The summed E-state index contributed by atoms with van der Waals surface area (Å²) in [6.45, 7) is 0. The number of aliphatic imine (C=N–C) groups is 1. The van der Waals surface area contributed by atoms with Gasteiger partial charge >= 0.3 is 0 Å². The van der Waals surface area contributed by atoms with Crippen LogP contribution in [0, 0.1) is 20.2 Å². The molecule has 0 fully saturated rings. The van der Waals surface area contributed by atoms with Crippen molar-refractivity contribution in [1.29, 1.82) is 0 Å². The van der Waals surface area contributed by atoms with E-state index >= 15 is 0 Å². The van der Waals surface area contributed by atoms with E-state index in [-0.39, 0.29) is 17.1 Å². The fourth-order valence-electron chi connectivity index (χ4n) is 1.90. The molecule has 22 heavy (non-hydrogen) atoms. The van der Waals surface area contributed by atoms with E-state index in [1.807, 2.05) is 0 Å². The second kappa shape index (κ2) is 5.13. The molecule has 9 nitrogen and oxygen atoms in total. The molecule has 0 aliphatic carbocycles. The van der Waals surface area contributed by atoms with Gasteiger partial charge in [0.05, 0.1) is 15.9 Å². The van der Waals surface area contributed by atoms with Crippen LogP contribution in [0.4, 0.5) is 17.1 Å². The number of nitro benzene ring substituents is 2. The molecule has 0 aromatic heterocycles. The second-order valence-corrected chi connectivity index (χ2v) is 4.38. The highest BCUT2D eigenvalue weighted by Crippen LogP contribution is 2.33. The Hall–Kier alpha value is -3.49.